The quantitative estimate of drug-likeness (QED) is 0.798. The second-order valence-corrected chi connectivity index (χ2v) is 5.53. The third-order valence-electron chi connectivity index (χ3n) is 2.27. The number of hydrogen-bond acceptors (Lipinski definition) is 4. The molecule has 0 fully saturated rings. The number of hydrogen-bond donors (Lipinski definition) is 2. The number of nitrogen functional groups attached to an aromatic ring is 1. The van der Waals surface area contributed by atoms with Gasteiger partial charge in [0, 0.05) is 13.6 Å². The van der Waals surface area contributed by atoms with E-state index in [2.05, 4.69) is 9.71 Å². The third-order valence-corrected chi connectivity index (χ3v) is 3.77. The van der Waals surface area contributed by atoms with Gasteiger partial charge >= 0.3 is 10.2 Å². The van der Waals surface area contributed by atoms with Crippen LogP contribution >= 0.6 is 0 Å². The molecule has 96 valence electrons. The Morgan fingerprint density at radius 2 is 2.18 bits per heavy atom. The standard InChI is InChI=1S/C10H18N4O2S/c1-3-4-7-14(2)17(15,16)13-9-5-6-10(11)12-8-9/h5-6,8,13H,3-4,7H2,1-2H3,(H2,11,12). The molecule has 0 radical (unpaired) electrons. The maximum atomic E-state index is 11.8. The van der Waals surface area contributed by atoms with Crippen molar-refractivity contribution in [3.05, 3.63) is 18.3 Å². The number of nitrogens with two attached hydrogens (primary N) is 1. The number of rotatable bonds is 6. The molecule has 0 atom stereocenters. The van der Waals surface area contributed by atoms with Gasteiger partial charge in [-0.1, -0.05) is 13.3 Å². The molecule has 0 saturated heterocycles. The molecular weight excluding hydrogens is 240 g/mol. The van der Waals surface area contributed by atoms with Crippen molar-refractivity contribution in [3.63, 3.8) is 0 Å². The highest BCUT2D eigenvalue weighted by atomic mass is 32.2. The lowest BCUT2D eigenvalue weighted by molar-refractivity contribution is 0.463. The van der Waals surface area contributed by atoms with Gasteiger partial charge in [0.1, 0.15) is 5.82 Å². The summed E-state index contributed by atoms with van der Waals surface area (Å²) in [6.07, 6.45) is 3.17. The SMILES string of the molecule is CCCCN(C)S(=O)(=O)Nc1ccc(N)nc1. The number of pyridine rings is 1. The lowest BCUT2D eigenvalue weighted by atomic mass is 10.3. The van der Waals surface area contributed by atoms with Crippen molar-refractivity contribution in [1.29, 1.82) is 0 Å². The van der Waals surface area contributed by atoms with Crippen LogP contribution in [0.15, 0.2) is 18.3 Å². The van der Waals surface area contributed by atoms with Crippen LogP contribution in [0.1, 0.15) is 19.8 Å². The van der Waals surface area contributed by atoms with Crippen LogP contribution in [-0.2, 0) is 10.2 Å². The fourth-order valence-electron chi connectivity index (χ4n) is 1.19. The number of nitrogens with zero attached hydrogens (tertiary/aromatic N) is 2. The molecule has 0 bridgehead atoms. The van der Waals surface area contributed by atoms with Crippen molar-refractivity contribution in [3.8, 4) is 0 Å². The molecule has 0 saturated carbocycles. The third kappa shape index (κ3) is 4.20. The highest BCUT2D eigenvalue weighted by molar-refractivity contribution is 7.90. The minimum Gasteiger partial charge on any atom is -0.384 e. The van der Waals surface area contributed by atoms with Crippen LogP contribution in [0, 0.1) is 0 Å². The van der Waals surface area contributed by atoms with Gasteiger partial charge < -0.3 is 5.73 Å². The van der Waals surface area contributed by atoms with Gasteiger partial charge in [-0.25, -0.2) is 4.98 Å². The van der Waals surface area contributed by atoms with E-state index in [-0.39, 0.29) is 0 Å². The van der Waals surface area contributed by atoms with Crippen molar-refractivity contribution in [2.24, 2.45) is 0 Å². The van der Waals surface area contributed by atoms with Gasteiger partial charge in [0.2, 0.25) is 0 Å². The molecule has 3 N–H and O–H groups in total. The minimum absolute atomic E-state index is 0.354. The van der Waals surface area contributed by atoms with Crippen LogP contribution in [0.5, 0.6) is 0 Å². The van der Waals surface area contributed by atoms with Crippen LogP contribution < -0.4 is 10.5 Å². The Balaban J connectivity index is 2.69. The Kier molecular flexibility index (Phi) is 4.71. The normalized spacial score (nSPS) is 11.7. The fraction of sp³-hybridized carbons (Fsp3) is 0.500. The average Bonchev–Trinajstić information content (AvgIpc) is 2.28. The second-order valence-electron chi connectivity index (χ2n) is 3.75. The number of unbranched alkanes of at least 4 members (excludes halogenated alkanes) is 1. The van der Waals surface area contributed by atoms with Gasteiger partial charge in [0.25, 0.3) is 0 Å². The molecule has 1 aromatic rings. The first-order valence-corrected chi connectivity index (χ1v) is 6.85. The summed E-state index contributed by atoms with van der Waals surface area (Å²) in [6, 6.07) is 3.12. The summed E-state index contributed by atoms with van der Waals surface area (Å²) in [4.78, 5) is 3.82. The Hall–Kier alpha value is -1.34. The van der Waals surface area contributed by atoms with Crippen LogP contribution in [0.25, 0.3) is 0 Å². The molecule has 6 nitrogen and oxygen atoms in total. The van der Waals surface area contributed by atoms with Crippen molar-refractivity contribution < 1.29 is 8.42 Å². The van der Waals surface area contributed by atoms with Gasteiger partial charge in [-0.05, 0) is 18.6 Å². The van der Waals surface area contributed by atoms with E-state index in [1.54, 1.807) is 19.2 Å². The maximum absolute atomic E-state index is 11.8. The first-order chi connectivity index (χ1) is 7.95. The van der Waals surface area contributed by atoms with E-state index in [1.807, 2.05) is 6.92 Å². The maximum Gasteiger partial charge on any atom is 0.301 e. The summed E-state index contributed by atoms with van der Waals surface area (Å²) < 4.78 is 27.4. The molecule has 0 amide bonds. The van der Waals surface area contributed by atoms with Crippen molar-refractivity contribution >= 4 is 21.7 Å². The lowest BCUT2D eigenvalue weighted by Gasteiger charge is -2.17. The molecule has 0 aliphatic heterocycles. The van der Waals surface area contributed by atoms with Crippen LogP contribution in [0.2, 0.25) is 0 Å². The molecule has 0 aliphatic rings. The molecule has 0 spiro atoms. The molecule has 0 unspecified atom stereocenters. The lowest BCUT2D eigenvalue weighted by Crippen LogP contribution is -2.33. The molecule has 0 aromatic carbocycles. The van der Waals surface area contributed by atoms with E-state index in [4.69, 9.17) is 5.73 Å². The Labute approximate surface area is 102 Å². The second kappa shape index (κ2) is 5.83. The van der Waals surface area contributed by atoms with Gasteiger partial charge in [-0.2, -0.15) is 12.7 Å². The predicted molar refractivity (Wildman–Crippen MR) is 68.7 cm³/mol. The zero-order valence-electron chi connectivity index (χ0n) is 10.0. The van der Waals surface area contributed by atoms with Crippen molar-refractivity contribution in [1.82, 2.24) is 9.29 Å². The zero-order chi connectivity index (χ0) is 12.9. The van der Waals surface area contributed by atoms with E-state index < -0.39 is 10.2 Å². The summed E-state index contributed by atoms with van der Waals surface area (Å²) in [5.74, 6) is 0.354. The average molecular weight is 258 g/mol. The topological polar surface area (TPSA) is 88.3 Å². The smallest absolute Gasteiger partial charge is 0.301 e. The number of anilines is 2. The first kappa shape index (κ1) is 13.7. The monoisotopic (exact) mass is 258 g/mol. The van der Waals surface area contributed by atoms with E-state index >= 15 is 0 Å². The highest BCUT2D eigenvalue weighted by Crippen LogP contribution is 2.11. The van der Waals surface area contributed by atoms with Gasteiger partial charge in [0.15, 0.2) is 0 Å². The van der Waals surface area contributed by atoms with Gasteiger partial charge in [-0.3, -0.25) is 4.72 Å². The van der Waals surface area contributed by atoms with Crippen LogP contribution in [0.3, 0.4) is 0 Å². The molecule has 1 aromatic heterocycles. The predicted octanol–water partition coefficient (Wildman–Crippen LogP) is 1.05. The van der Waals surface area contributed by atoms with E-state index in [0.29, 0.717) is 18.1 Å². The van der Waals surface area contributed by atoms with E-state index in [9.17, 15) is 8.42 Å². The van der Waals surface area contributed by atoms with Crippen LogP contribution in [-0.4, -0.2) is 31.3 Å². The largest absolute Gasteiger partial charge is 0.384 e. The van der Waals surface area contributed by atoms with Gasteiger partial charge in [-0.15, -0.1) is 0 Å². The number of aromatic nitrogens is 1. The molecule has 17 heavy (non-hydrogen) atoms. The summed E-state index contributed by atoms with van der Waals surface area (Å²) in [7, 11) is -1.95. The van der Waals surface area contributed by atoms with Crippen molar-refractivity contribution in [2.45, 2.75) is 19.8 Å². The Morgan fingerprint density at radius 1 is 1.47 bits per heavy atom. The number of nitrogens with one attached hydrogen (secondary N) is 1. The molecule has 7 heteroatoms. The van der Waals surface area contributed by atoms with Crippen molar-refractivity contribution in [2.75, 3.05) is 24.0 Å². The zero-order valence-corrected chi connectivity index (χ0v) is 10.9. The highest BCUT2D eigenvalue weighted by Gasteiger charge is 2.16. The molecular formula is C10H18N4O2S. The van der Waals surface area contributed by atoms with E-state index in [0.717, 1.165) is 12.8 Å². The molecule has 0 aliphatic carbocycles. The summed E-state index contributed by atoms with van der Waals surface area (Å²) in [6.45, 7) is 2.51. The fourth-order valence-corrected chi connectivity index (χ4v) is 2.14. The summed E-state index contributed by atoms with van der Waals surface area (Å²) >= 11 is 0. The van der Waals surface area contributed by atoms with E-state index in [1.165, 1.54) is 10.5 Å². The minimum atomic E-state index is -3.50. The molecule has 1 rings (SSSR count). The Bertz CT molecular complexity index is 444. The Morgan fingerprint density at radius 3 is 2.71 bits per heavy atom. The summed E-state index contributed by atoms with van der Waals surface area (Å²) in [5, 5.41) is 0. The van der Waals surface area contributed by atoms with Gasteiger partial charge in [0.05, 0.1) is 11.9 Å². The first-order valence-electron chi connectivity index (χ1n) is 5.41. The molecule has 1 heterocycles. The summed E-state index contributed by atoms with van der Waals surface area (Å²) in [5.41, 5.74) is 5.82. The van der Waals surface area contributed by atoms with Crippen LogP contribution in [0.4, 0.5) is 11.5 Å².